The van der Waals surface area contributed by atoms with Gasteiger partial charge in [0.15, 0.2) is 0 Å². The lowest BCUT2D eigenvalue weighted by atomic mass is 10.2. The van der Waals surface area contributed by atoms with Gasteiger partial charge in [-0.15, -0.1) is 0 Å². The Balaban J connectivity index is 2.18. The third-order valence-electron chi connectivity index (χ3n) is 3.15. The maximum absolute atomic E-state index is 11.4. The van der Waals surface area contributed by atoms with E-state index in [0.717, 1.165) is 11.1 Å². The number of nitrogen functional groups attached to an aromatic ring is 1. The Kier molecular flexibility index (Phi) is 2.87. The van der Waals surface area contributed by atoms with Crippen LogP contribution in [0, 0.1) is 0 Å². The molecule has 3 N–H and O–H groups in total. The van der Waals surface area contributed by atoms with Gasteiger partial charge in [0.2, 0.25) is 5.82 Å². The Bertz CT molecular complexity index is 778. The summed E-state index contributed by atoms with van der Waals surface area (Å²) in [4.78, 5) is 15.5. The zero-order valence-corrected chi connectivity index (χ0v) is 10.7. The molecule has 3 aromatic rings. The fourth-order valence-electron chi connectivity index (χ4n) is 2.23. The summed E-state index contributed by atoms with van der Waals surface area (Å²) in [7, 11) is 0. The molecule has 5 nitrogen and oxygen atoms in total. The number of carboxylic acids is 1. The van der Waals surface area contributed by atoms with E-state index >= 15 is 0 Å². The summed E-state index contributed by atoms with van der Waals surface area (Å²) in [5.41, 5.74) is 8.74. The molecule has 0 saturated carbocycles. The van der Waals surface area contributed by atoms with E-state index < -0.39 is 5.97 Å². The summed E-state index contributed by atoms with van der Waals surface area (Å²) in [6.45, 7) is 0.447. The molecule has 3 rings (SSSR count). The number of imidazole rings is 1. The van der Waals surface area contributed by atoms with Crippen LogP contribution in [-0.4, -0.2) is 20.6 Å². The first kappa shape index (κ1) is 12.2. The van der Waals surface area contributed by atoms with Gasteiger partial charge < -0.3 is 15.4 Å². The van der Waals surface area contributed by atoms with Crippen molar-refractivity contribution < 1.29 is 9.90 Å². The van der Waals surface area contributed by atoms with Crippen molar-refractivity contribution in [1.82, 2.24) is 9.55 Å². The molecular formula is C15H13N3O2. The highest BCUT2D eigenvalue weighted by Gasteiger charge is 2.16. The molecule has 0 aliphatic rings. The fourth-order valence-corrected chi connectivity index (χ4v) is 2.23. The van der Waals surface area contributed by atoms with E-state index in [0.29, 0.717) is 17.7 Å². The van der Waals surface area contributed by atoms with Gasteiger partial charge in [-0.3, -0.25) is 0 Å². The summed E-state index contributed by atoms with van der Waals surface area (Å²) >= 11 is 0. The molecule has 0 unspecified atom stereocenters. The standard InChI is InChI=1S/C15H13N3O2/c16-11-6-7-12-13(8-11)18(14(17-12)15(19)20)9-10-4-2-1-3-5-10/h1-8H,9,16H2,(H,19,20). The molecule has 0 fully saturated rings. The third-order valence-corrected chi connectivity index (χ3v) is 3.15. The Labute approximate surface area is 115 Å². The van der Waals surface area contributed by atoms with Gasteiger partial charge in [0.25, 0.3) is 0 Å². The molecule has 2 aromatic carbocycles. The van der Waals surface area contributed by atoms with Crippen molar-refractivity contribution in [2.24, 2.45) is 0 Å². The maximum Gasteiger partial charge on any atom is 0.372 e. The summed E-state index contributed by atoms with van der Waals surface area (Å²) in [6, 6.07) is 14.9. The number of nitrogens with two attached hydrogens (primary N) is 1. The Morgan fingerprint density at radius 1 is 1.20 bits per heavy atom. The fraction of sp³-hybridized carbons (Fsp3) is 0.0667. The lowest BCUT2D eigenvalue weighted by molar-refractivity contribution is 0.0679. The third kappa shape index (κ3) is 2.09. The summed E-state index contributed by atoms with van der Waals surface area (Å²) in [5.74, 6) is -1.02. The molecule has 0 aliphatic heterocycles. The number of hydrogen-bond acceptors (Lipinski definition) is 3. The van der Waals surface area contributed by atoms with E-state index in [1.807, 2.05) is 30.3 Å². The predicted molar refractivity (Wildman–Crippen MR) is 76.6 cm³/mol. The molecular weight excluding hydrogens is 254 g/mol. The second-order valence-corrected chi connectivity index (χ2v) is 4.56. The average Bonchev–Trinajstić information content (AvgIpc) is 2.78. The SMILES string of the molecule is Nc1ccc2nc(C(=O)O)n(Cc3ccccc3)c2c1. The highest BCUT2D eigenvalue weighted by Crippen LogP contribution is 2.20. The van der Waals surface area contributed by atoms with Crippen molar-refractivity contribution in [3.63, 3.8) is 0 Å². The molecule has 100 valence electrons. The second kappa shape index (κ2) is 4.70. The number of benzene rings is 2. The summed E-state index contributed by atoms with van der Waals surface area (Å²) in [6.07, 6.45) is 0. The summed E-state index contributed by atoms with van der Waals surface area (Å²) in [5, 5.41) is 9.30. The number of nitrogens with zero attached hydrogens (tertiary/aromatic N) is 2. The van der Waals surface area contributed by atoms with Gasteiger partial charge in [0, 0.05) is 12.2 Å². The molecule has 1 heterocycles. The minimum absolute atomic E-state index is 0.0226. The smallest absolute Gasteiger partial charge is 0.372 e. The van der Waals surface area contributed by atoms with Crippen molar-refractivity contribution in [2.75, 3.05) is 5.73 Å². The quantitative estimate of drug-likeness (QED) is 0.714. The highest BCUT2D eigenvalue weighted by molar-refractivity contribution is 5.90. The van der Waals surface area contributed by atoms with Gasteiger partial charge in [-0.25, -0.2) is 9.78 Å². The number of carboxylic acid groups (broad SMARTS) is 1. The van der Waals surface area contributed by atoms with Gasteiger partial charge in [0.1, 0.15) is 0 Å². The van der Waals surface area contributed by atoms with Gasteiger partial charge in [-0.05, 0) is 23.8 Å². The van der Waals surface area contributed by atoms with Crippen molar-refractivity contribution in [3.05, 3.63) is 59.9 Å². The first-order chi connectivity index (χ1) is 9.65. The van der Waals surface area contributed by atoms with Crippen LogP contribution in [-0.2, 0) is 6.54 Å². The number of fused-ring (bicyclic) bond motifs is 1. The largest absolute Gasteiger partial charge is 0.475 e. The molecule has 5 heteroatoms. The van der Waals surface area contributed by atoms with E-state index in [9.17, 15) is 9.90 Å². The van der Waals surface area contributed by atoms with Gasteiger partial charge in [0.05, 0.1) is 11.0 Å². The lowest BCUT2D eigenvalue weighted by Crippen LogP contribution is -2.10. The van der Waals surface area contributed by atoms with Gasteiger partial charge >= 0.3 is 5.97 Å². The molecule has 0 bridgehead atoms. The van der Waals surface area contributed by atoms with Crippen LogP contribution in [0.25, 0.3) is 11.0 Å². The Hall–Kier alpha value is -2.82. The number of hydrogen-bond donors (Lipinski definition) is 2. The second-order valence-electron chi connectivity index (χ2n) is 4.56. The molecule has 1 aromatic heterocycles. The van der Waals surface area contributed by atoms with Crippen molar-refractivity contribution >= 4 is 22.7 Å². The average molecular weight is 267 g/mol. The zero-order valence-electron chi connectivity index (χ0n) is 10.7. The van der Waals surface area contributed by atoms with E-state index in [4.69, 9.17) is 5.73 Å². The molecule has 0 saturated heterocycles. The van der Waals surface area contributed by atoms with Crippen LogP contribution in [0.1, 0.15) is 16.2 Å². The molecule has 0 spiro atoms. The molecule has 0 radical (unpaired) electrons. The van der Waals surface area contributed by atoms with Crippen molar-refractivity contribution in [3.8, 4) is 0 Å². The number of rotatable bonds is 3. The van der Waals surface area contributed by atoms with Gasteiger partial charge in [-0.1, -0.05) is 30.3 Å². The number of anilines is 1. The van der Waals surface area contributed by atoms with Crippen LogP contribution in [0.15, 0.2) is 48.5 Å². The van der Waals surface area contributed by atoms with Crippen LogP contribution < -0.4 is 5.73 Å². The first-order valence-electron chi connectivity index (χ1n) is 6.18. The molecule has 20 heavy (non-hydrogen) atoms. The predicted octanol–water partition coefficient (Wildman–Crippen LogP) is 2.37. The van der Waals surface area contributed by atoms with E-state index in [1.54, 1.807) is 22.8 Å². The Morgan fingerprint density at radius 2 is 1.95 bits per heavy atom. The first-order valence-corrected chi connectivity index (χ1v) is 6.18. The van der Waals surface area contributed by atoms with Gasteiger partial charge in [-0.2, -0.15) is 0 Å². The van der Waals surface area contributed by atoms with E-state index in [1.165, 1.54) is 0 Å². The minimum Gasteiger partial charge on any atom is -0.475 e. The number of carbonyl (C=O) groups is 1. The monoisotopic (exact) mass is 267 g/mol. The highest BCUT2D eigenvalue weighted by atomic mass is 16.4. The molecule has 0 amide bonds. The Morgan fingerprint density at radius 3 is 2.65 bits per heavy atom. The number of aromatic carboxylic acids is 1. The van der Waals surface area contributed by atoms with E-state index in [-0.39, 0.29) is 5.82 Å². The normalized spacial score (nSPS) is 10.8. The minimum atomic E-state index is -1.05. The number of aromatic nitrogens is 2. The van der Waals surface area contributed by atoms with Crippen LogP contribution in [0.3, 0.4) is 0 Å². The molecule has 0 aliphatic carbocycles. The molecule has 0 atom stereocenters. The van der Waals surface area contributed by atoms with Crippen molar-refractivity contribution in [1.29, 1.82) is 0 Å². The van der Waals surface area contributed by atoms with E-state index in [2.05, 4.69) is 4.98 Å². The van der Waals surface area contributed by atoms with Crippen LogP contribution in [0.2, 0.25) is 0 Å². The van der Waals surface area contributed by atoms with Crippen LogP contribution in [0.5, 0.6) is 0 Å². The maximum atomic E-state index is 11.4. The van der Waals surface area contributed by atoms with Crippen molar-refractivity contribution in [2.45, 2.75) is 6.54 Å². The summed E-state index contributed by atoms with van der Waals surface area (Å²) < 4.78 is 1.67. The zero-order chi connectivity index (χ0) is 14.1. The lowest BCUT2D eigenvalue weighted by Gasteiger charge is -2.07. The van der Waals surface area contributed by atoms with Crippen LogP contribution >= 0.6 is 0 Å². The van der Waals surface area contributed by atoms with Crippen LogP contribution in [0.4, 0.5) is 5.69 Å². The topological polar surface area (TPSA) is 81.1 Å².